The molecule has 6 heteroatoms. The maximum Gasteiger partial charge on any atom is 0.337 e. The van der Waals surface area contributed by atoms with E-state index >= 15 is 0 Å². The number of carbonyl (C=O) groups excluding carboxylic acids is 3. The number of hydroxylamine groups is 2. The maximum atomic E-state index is 12.7. The molecule has 0 bridgehead atoms. The highest BCUT2D eigenvalue weighted by atomic mass is 16.7. The van der Waals surface area contributed by atoms with Crippen molar-refractivity contribution in [2.24, 2.45) is 5.92 Å². The van der Waals surface area contributed by atoms with Crippen LogP contribution in [0.2, 0.25) is 0 Å². The molecule has 0 unspecified atom stereocenters. The lowest BCUT2D eigenvalue weighted by molar-refractivity contribution is -0.178. The van der Waals surface area contributed by atoms with Crippen LogP contribution >= 0.6 is 0 Å². The topological polar surface area (TPSA) is 66.9 Å². The van der Waals surface area contributed by atoms with Gasteiger partial charge >= 0.3 is 5.97 Å². The summed E-state index contributed by atoms with van der Waals surface area (Å²) in [6.45, 7) is 2.03. The van der Waals surface area contributed by atoms with Gasteiger partial charge in [0.15, 0.2) is 0 Å². The van der Waals surface area contributed by atoms with Crippen molar-refractivity contribution in [2.75, 3.05) is 13.1 Å². The second-order valence-corrected chi connectivity index (χ2v) is 6.71. The first kappa shape index (κ1) is 15.3. The Balaban J connectivity index is 1.50. The number of piperidine rings is 2. The zero-order chi connectivity index (χ0) is 16.7. The fraction of sp³-hybridized carbons (Fsp3) is 0.500. The third-order valence-corrected chi connectivity index (χ3v) is 5.33. The normalized spacial score (nSPS) is 26.9. The van der Waals surface area contributed by atoms with E-state index in [9.17, 15) is 14.4 Å². The quantitative estimate of drug-likeness (QED) is 0.777. The first-order valence-electron chi connectivity index (χ1n) is 8.60. The summed E-state index contributed by atoms with van der Waals surface area (Å²) in [6.07, 6.45) is 4.94. The number of amides is 2. The highest BCUT2D eigenvalue weighted by Gasteiger charge is 2.43. The molecule has 3 aliphatic rings. The molecular formula is C18H20N2O4. The minimum Gasteiger partial charge on any atom is -0.329 e. The molecule has 126 valence electrons. The number of nitrogens with zero attached hydrogens (tertiary/aromatic N) is 2. The fourth-order valence-electron chi connectivity index (χ4n) is 4.14. The van der Waals surface area contributed by atoms with Gasteiger partial charge in [-0.3, -0.25) is 14.5 Å². The van der Waals surface area contributed by atoms with E-state index in [-0.39, 0.29) is 12.0 Å². The van der Waals surface area contributed by atoms with Gasteiger partial charge < -0.3 is 4.84 Å². The minimum atomic E-state index is -0.555. The number of imide groups is 1. The summed E-state index contributed by atoms with van der Waals surface area (Å²) >= 11 is 0. The van der Waals surface area contributed by atoms with E-state index in [2.05, 4.69) is 4.90 Å². The summed E-state index contributed by atoms with van der Waals surface area (Å²) < 4.78 is 0. The van der Waals surface area contributed by atoms with Crippen molar-refractivity contribution in [3.05, 3.63) is 35.4 Å². The molecule has 2 saturated heterocycles. The first-order chi connectivity index (χ1) is 11.7. The summed E-state index contributed by atoms with van der Waals surface area (Å²) in [7, 11) is 0. The SMILES string of the molecule is O=C(ON1C(=O)c2ccccc2C1=O)[C@@H]1CCCN2CCCC[C@H]12. The van der Waals surface area contributed by atoms with Gasteiger partial charge in [-0.15, -0.1) is 0 Å². The van der Waals surface area contributed by atoms with E-state index in [4.69, 9.17) is 4.84 Å². The lowest BCUT2D eigenvalue weighted by Gasteiger charge is -2.43. The van der Waals surface area contributed by atoms with Crippen LogP contribution in [0.1, 0.15) is 52.8 Å². The summed E-state index contributed by atoms with van der Waals surface area (Å²) in [5.41, 5.74) is 0.580. The number of rotatable bonds is 2. The van der Waals surface area contributed by atoms with Crippen molar-refractivity contribution < 1.29 is 19.2 Å². The molecule has 1 aromatic rings. The Bertz CT molecular complexity index is 665. The average molecular weight is 328 g/mol. The Labute approximate surface area is 140 Å². The van der Waals surface area contributed by atoms with Crippen LogP contribution in [0.15, 0.2) is 24.3 Å². The largest absolute Gasteiger partial charge is 0.337 e. The number of fused-ring (bicyclic) bond motifs is 2. The fourth-order valence-corrected chi connectivity index (χ4v) is 4.14. The van der Waals surface area contributed by atoms with Crippen molar-refractivity contribution in [1.82, 2.24) is 9.96 Å². The molecule has 0 aliphatic carbocycles. The summed E-state index contributed by atoms with van der Waals surface area (Å²) in [5, 5.41) is 0.634. The van der Waals surface area contributed by atoms with E-state index in [1.807, 2.05) is 0 Å². The van der Waals surface area contributed by atoms with Gasteiger partial charge in [-0.1, -0.05) is 23.6 Å². The van der Waals surface area contributed by atoms with Crippen LogP contribution in [-0.2, 0) is 9.63 Å². The van der Waals surface area contributed by atoms with Crippen molar-refractivity contribution in [3.63, 3.8) is 0 Å². The van der Waals surface area contributed by atoms with E-state index in [0.717, 1.165) is 45.2 Å². The molecule has 2 fully saturated rings. The second kappa shape index (κ2) is 6.02. The molecule has 1 aromatic carbocycles. The Morgan fingerprint density at radius 2 is 1.62 bits per heavy atom. The number of benzene rings is 1. The summed E-state index contributed by atoms with van der Waals surface area (Å²) in [6, 6.07) is 6.71. The molecule has 4 rings (SSSR count). The molecule has 0 radical (unpaired) electrons. The Morgan fingerprint density at radius 3 is 2.33 bits per heavy atom. The minimum absolute atomic E-state index is 0.176. The molecule has 0 N–H and O–H groups in total. The Morgan fingerprint density at radius 1 is 0.958 bits per heavy atom. The molecule has 3 aliphatic heterocycles. The van der Waals surface area contributed by atoms with Crippen molar-refractivity contribution >= 4 is 17.8 Å². The number of hydrogen-bond donors (Lipinski definition) is 0. The van der Waals surface area contributed by atoms with E-state index in [1.165, 1.54) is 0 Å². The molecule has 2 amide bonds. The summed E-state index contributed by atoms with van der Waals surface area (Å²) in [4.78, 5) is 44.9. The van der Waals surface area contributed by atoms with Crippen LogP contribution in [0.5, 0.6) is 0 Å². The molecule has 6 nitrogen and oxygen atoms in total. The molecular weight excluding hydrogens is 308 g/mol. The van der Waals surface area contributed by atoms with Crippen LogP contribution < -0.4 is 0 Å². The predicted molar refractivity (Wildman–Crippen MR) is 85.0 cm³/mol. The van der Waals surface area contributed by atoms with Gasteiger partial charge in [-0.2, -0.15) is 0 Å². The molecule has 3 heterocycles. The van der Waals surface area contributed by atoms with Crippen molar-refractivity contribution in [3.8, 4) is 0 Å². The molecule has 0 spiro atoms. The van der Waals surface area contributed by atoms with Gasteiger partial charge in [-0.25, -0.2) is 4.79 Å². The summed E-state index contributed by atoms with van der Waals surface area (Å²) in [5.74, 6) is -1.83. The Hall–Kier alpha value is -2.21. The highest BCUT2D eigenvalue weighted by Crippen LogP contribution is 2.32. The van der Waals surface area contributed by atoms with E-state index in [1.54, 1.807) is 24.3 Å². The highest BCUT2D eigenvalue weighted by molar-refractivity contribution is 6.20. The molecule has 0 aromatic heterocycles. The van der Waals surface area contributed by atoms with Crippen LogP contribution in [0.3, 0.4) is 0 Å². The van der Waals surface area contributed by atoms with Gasteiger partial charge in [0.05, 0.1) is 17.0 Å². The smallest absolute Gasteiger partial charge is 0.329 e. The van der Waals surface area contributed by atoms with Crippen LogP contribution in [-0.4, -0.2) is 46.9 Å². The molecule has 24 heavy (non-hydrogen) atoms. The van der Waals surface area contributed by atoms with Crippen molar-refractivity contribution in [2.45, 2.75) is 38.1 Å². The van der Waals surface area contributed by atoms with Gasteiger partial charge in [0, 0.05) is 6.04 Å². The molecule has 0 saturated carbocycles. The lowest BCUT2D eigenvalue weighted by atomic mass is 9.84. The van der Waals surface area contributed by atoms with Crippen LogP contribution in [0, 0.1) is 5.92 Å². The van der Waals surface area contributed by atoms with Gasteiger partial charge in [0.1, 0.15) is 0 Å². The van der Waals surface area contributed by atoms with E-state index in [0.29, 0.717) is 16.2 Å². The maximum absolute atomic E-state index is 12.7. The Kier molecular flexibility index (Phi) is 3.84. The van der Waals surface area contributed by atoms with Gasteiger partial charge in [0.2, 0.25) is 0 Å². The lowest BCUT2D eigenvalue weighted by Crippen LogP contribution is -2.51. The average Bonchev–Trinajstić information content (AvgIpc) is 2.86. The zero-order valence-corrected chi connectivity index (χ0v) is 13.4. The van der Waals surface area contributed by atoms with Crippen molar-refractivity contribution in [1.29, 1.82) is 0 Å². The van der Waals surface area contributed by atoms with Gasteiger partial charge in [-0.05, 0) is 50.9 Å². The zero-order valence-electron chi connectivity index (χ0n) is 13.4. The third-order valence-electron chi connectivity index (χ3n) is 5.33. The first-order valence-corrected chi connectivity index (χ1v) is 8.60. The standard InChI is InChI=1S/C18H20N2O4/c21-16-12-6-1-2-7-13(12)17(22)20(16)24-18(23)14-8-5-11-19-10-4-3-9-15(14)19/h1-2,6-7,14-15H,3-5,8-11H2/t14-,15-/m1/s1. The monoisotopic (exact) mass is 328 g/mol. The van der Waals surface area contributed by atoms with Crippen LogP contribution in [0.25, 0.3) is 0 Å². The predicted octanol–water partition coefficient (Wildman–Crippen LogP) is 2.01. The molecule has 2 atom stereocenters. The third kappa shape index (κ3) is 2.41. The van der Waals surface area contributed by atoms with E-state index < -0.39 is 17.8 Å². The second-order valence-electron chi connectivity index (χ2n) is 6.71. The number of carbonyl (C=O) groups is 3. The van der Waals surface area contributed by atoms with Crippen LogP contribution in [0.4, 0.5) is 0 Å². The van der Waals surface area contributed by atoms with Gasteiger partial charge in [0.25, 0.3) is 11.8 Å². The number of hydrogen-bond acceptors (Lipinski definition) is 5.